The molecule has 1 aromatic heterocycles. The van der Waals surface area contributed by atoms with Gasteiger partial charge in [-0.15, -0.1) is 5.10 Å². The molecule has 1 N–H and O–H groups in total. The van der Waals surface area contributed by atoms with Crippen LogP contribution < -0.4 is 14.2 Å². The highest BCUT2D eigenvalue weighted by Crippen LogP contribution is 2.36. The maximum atomic E-state index is 12.5. The summed E-state index contributed by atoms with van der Waals surface area (Å²) < 4.78 is 42.0. The number of alkyl halides is 2. The average Bonchev–Trinajstić information content (AvgIpc) is 3.00. The Kier molecular flexibility index (Phi) is 7.76. The van der Waals surface area contributed by atoms with Crippen LogP contribution in [-0.4, -0.2) is 34.1 Å². The van der Waals surface area contributed by atoms with Gasteiger partial charge >= 0.3 is 12.6 Å². The predicted molar refractivity (Wildman–Crippen MR) is 114 cm³/mol. The summed E-state index contributed by atoms with van der Waals surface area (Å²) >= 11 is 12.1. The number of hydrogen-bond acceptors (Lipinski definition) is 5. The molecular weight excluding hydrogens is 469 g/mol. The van der Waals surface area contributed by atoms with Crippen molar-refractivity contribution in [2.24, 2.45) is 7.05 Å². The fourth-order valence-electron chi connectivity index (χ4n) is 2.85. The van der Waals surface area contributed by atoms with Crippen molar-refractivity contribution in [1.82, 2.24) is 9.78 Å². The summed E-state index contributed by atoms with van der Waals surface area (Å²) in [7, 11) is 1.57. The van der Waals surface area contributed by atoms with Gasteiger partial charge in [0.2, 0.25) is 0 Å². The van der Waals surface area contributed by atoms with Gasteiger partial charge in [-0.25, -0.2) is 0 Å². The van der Waals surface area contributed by atoms with Crippen molar-refractivity contribution < 1.29 is 32.9 Å². The highest BCUT2D eigenvalue weighted by Gasteiger charge is 2.20. The fraction of sp³-hybridized carbons (Fsp3) is 0.238. The third-order valence-corrected chi connectivity index (χ3v) is 4.86. The summed E-state index contributed by atoms with van der Waals surface area (Å²) in [5, 5.41) is 13.1. The maximum Gasteiger partial charge on any atom is 0.388 e. The number of nitrogens with zero attached hydrogens (tertiary/aromatic N) is 2. The number of hydrogen-bond donors (Lipinski definition) is 1. The highest BCUT2D eigenvalue weighted by atomic mass is 35.5. The van der Waals surface area contributed by atoms with E-state index in [0.29, 0.717) is 33.3 Å². The van der Waals surface area contributed by atoms with Crippen LogP contribution in [-0.2, 0) is 18.4 Å². The summed E-state index contributed by atoms with van der Waals surface area (Å²) in [5.41, 5.74) is 1.73. The van der Waals surface area contributed by atoms with Gasteiger partial charge < -0.3 is 19.3 Å². The molecule has 0 aliphatic rings. The van der Waals surface area contributed by atoms with Crippen molar-refractivity contribution in [2.75, 3.05) is 6.61 Å². The highest BCUT2D eigenvalue weighted by molar-refractivity contribution is 6.34. The van der Waals surface area contributed by atoms with Crippen molar-refractivity contribution in [3.8, 4) is 28.6 Å². The molecule has 7 nitrogen and oxygen atoms in total. The minimum absolute atomic E-state index is 0.0000931. The van der Waals surface area contributed by atoms with Crippen molar-refractivity contribution >= 4 is 29.2 Å². The van der Waals surface area contributed by atoms with Gasteiger partial charge in [0, 0.05) is 23.2 Å². The number of carbonyl (C=O) groups is 1. The van der Waals surface area contributed by atoms with Crippen LogP contribution in [0.5, 0.6) is 17.4 Å². The summed E-state index contributed by atoms with van der Waals surface area (Å²) in [4.78, 5) is 10.7. The van der Waals surface area contributed by atoms with Gasteiger partial charge in [0.05, 0.1) is 18.7 Å². The van der Waals surface area contributed by atoms with Crippen LogP contribution in [0.4, 0.5) is 8.78 Å². The summed E-state index contributed by atoms with van der Waals surface area (Å²) in [5.74, 6) is -0.352. The molecule has 3 rings (SSSR count). The van der Waals surface area contributed by atoms with Crippen LogP contribution in [0.15, 0.2) is 42.5 Å². The zero-order valence-electron chi connectivity index (χ0n) is 16.7. The third kappa shape index (κ3) is 6.02. The zero-order valence-corrected chi connectivity index (χ0v) is 18.2. The second-order valence-corrected chi connectivity index (χ2v) is 7.34. The van der Waals surface area contributed by atoms with Gasteiger partial charge in [0.1, 0.15) is 23.1 Å². The number of ether oxygens (including phenoxy) is 3. The van der Waals surface area contributed by atoms with Crippen molar-refractivity contribution in [3.05, 3.63) is 58.1 Å². The van der Waals surface area contributed by atoms with Crippen LogP contribution in [0.3, 0.4) is 0 Å². The van der Waals surface area contributed by atoms with Gasteiger partial charge in [-0.1, -0.05) is 29.3 Å². The molecule has 0 spiro atoms. The standard InChI is InChI=1S/C21H18Cl2F2N2O5/c1-27-19(18(23)20(26-27)32-21(24)25)12-3-6-15(7-4-12)31-11-13-2-5-14(22)10-16(13)30-9-8-17(28)29/h2-7,10,21H,8-9,11H2,1H3,(H,28,29). The molecule has 0 saturated carbocycles. The third-order valence-electron chi connectivity index (χ3n) is 4.29. The Labute approximate surface area is 192 Å². The normalized spacial score (nSPS) is 10.9. The smallest absolute Gasteiger partial charge is 0.388 e. The molecule has 0 radical (unpaired) electrons. The molecule has 0 amide bonds. The number of carboxylic acids is 1. The minimum atomic E-state index is -3.03. The lowest BCUT2D eigenvalue weighted by Gasteiger charge is -2.13. The Morgan fingerprint density at radius 1 is 1.16 bits per heavy atom. The first-order valence-electron chi connectivity index (χ1n) is 9.28. The van der Waals surface area contributed by atoms with E-state index in [2.05, 4.69) is 9.84 Å². The van der Waals surface area contributed by atoms with E-state index in [4.69, 9.17) is 37.8 Å². The summed E-state index contributed by atoms with van der Waals surface area (Å²) in [6, 6.07) is 11.8. The molecular formula is C21H18Cl2F2N2O5. The second kappa shape index (κ2) is 10.5. The Morgan fingerprint density at radius 2 is 1.88 bits per heavy atom. The van der Waals surface area contributed by atoms with Crippen molar-refractivity contribution in [3.63, 3.8) is 0 Å². The molecule has 0 aliphatic heterocycles. The first kappa shape index (κ1) is 23.6. The van der Waals surface area contributed by atoms with Crippen LogP contribution in [0, 0.1) is 0 Å². The number of rotatable bonds is 10. The lowest BCUT2D eigenvalue weighted by atomic mass is 10.1. The van der Waals surface area contributed by atoms with Gasteiger partial charge in [-0.3, -0.25) is 9.48 Å². The van der Waals surface area contributed by atoms with E-state index in [1.54, 1.807) is 49.5 Å². The molecule has 0 fully saturated rings. The Balaban J connectivity index is 1.70. The van der Waals surface area contributed by atoms with Gasteiger partial charge in [0.25, 0.3) is 5.88 Å². The van der Waals surface area contributed by atoms with E-state index < -0.39 is 12.6 Å². The Morgan fingerprint density at radius 3 is 2.53 bits per heavy atom. The number of halogens is 4. The van der Waals surface area contributed by atoms with E-state index >= 15 is 0 Å². The van der Waals surface area contributed by atoms with E-state index in [0.717, 1.165) is 0 Å². The number of aromatic nitrogens is 2. The van der Waals surface area contributed by atoms with Crippen molar-refractivity contribution in [1.29, 1.82) is 0 Å². The molecule has 0 atom stereocenters. The van der Waals surface area contributed by atoms with Gasteiger partial charge in [0.15, 0.2) is 0 Å². The number of carboxylic acid groups (broad SMARTS) is 1. The topological polar surface area (TPSA) is 82.8 Å². The molecule has 11 heteroatoms. The summed E-state index contributed by atoms with van der Waals surface area (Å²) in [6.45, 7) is -2.88. The fourth-order valence-corrected chi connectivity index (χ4v) is 3.32. The van der Waals surface area contributed by atoms with E-state index in [9.17, 15) is 13.6 Å². The lowest BCUT2D eigenvalue weighted by molar-refractivity contribution is -0.137. The first-order chi connectivity index (χ1) is 15.2. The number of benzene rings is 2. The maximum absolute atomic E-state index is 12.5. The largest absolute Gasteiger partial charge is 0.493 e. The Hall–Kier alpha value is -3.04. The molecule has 0 unspecified atom stereocenters. The van der Waals surface area contributed by atoms with Crippen LogP contribution in [0.1, 0.15) is 12.0 Å². The van der Waals surface area contributed by atoms with Gasteiger partial charge in [-0.05, 0) is 36.4 Å². The molecule has 32 heavy (non-hydrogen) atoms. The van der Waals surface area contributed by atoms with E-state index in [1.807, 2.05) is 0 Å². The van der Waals surface area contributed by atoms with Crippen molar-refractivity contribution in [2.45, 2.75) is 19.6 Å². The second-order valence-electron chi connectivity index (χ2n) is 6.53. The van der Waals surface area contributed by atoms with Crippen LogP contribution in [0.2, 0.25) is 10.0 Å². The summed E-state index contributed by atoms with van der Waals surface area (Å²) in [6.07, 6.45) is -0.144. The SMILES string of the molecule is Cn1nc(OC(F)F)c(Cl)c1-c1ccc(OCc2ccc(Cl)cc2OCCC(=O)O)cc1. The quantitative estimate of drug-likeness (QED) is 0.411. The van der Waals surface area contributed by atoms with E-state index in [1.165, 1.54) is 4.68 Å². The molecule has 170 valence electrons. The monoisotopic (exact) mass is 486 g/mol. The Bertz CT molecular complexity index is 1090. The predicted octanol–water partition coefficient (Wildman–Crippen LogP) is 5.43. The molecule has 1 heterocycles. The average molecular weight is 487 g/mol. The van der Waals surface area contributed by atoms with Crippen LogP contribution in [0.25, 0.3) is 11.3 Å². The zero-order chi connectivity index (χ0) is 23.3. The van der Waals surface area contributed by atoms with Gasteiger partial charge in [-0.2, -0.15) is 8.78 Å². The van der Waals surface area contributed by atoms with Crippen LogP contribution >= 0.6 is 23.2 Å². The molecule has 2 aromatic carbocycles. The number of aryl methyl sites for hydroxylation is 1. The molecule has 3 aromatic rings. The molecule has 0 bridgehead atoms. The lowest BCUT2D eigenvalue weighted by Crippen LogP contribution is -2.07. The minimum Gasteiger partial charge on any atom is -0.493 e. The number of aliphatic carboxylic acids is 1. The first-order valence-corrected chi connectivity index (χ1v) is 10.0. The molecule has 0 aliphatic carbocycles. The molecule has 0 saturated heterocycles. The van der Waals surface area contributed by atoms with E-state index in [-0.39, 0.29) is 30.5 Å².